The summed E-state index contributed by atoms with van der Waals surface area (Å²) in [4.78, 5) is 10.9. The van der Waals surface area contributed by atoms with Crippen molar-refractivity contribution in [3.05, 3.63) is 30.6 Å². The quantitative estimate of drug-likeness (QED) is 0.357. The van der Waals surface area contributed by atoms with Gasteiger partial charge in [-0.1, -0.05) is 12.1 Å². The normalized spacial score (nSPS) is 15.8. The summed E-state index contributed by atoms with van der Waals surface area (Å²) >= 11 is 0. The van der Waals surface area contributed by atoms with Gasteiger partial charge in [-0.2, -0.15) is 0 Å². The number of fused-ring (bicyclic) bond motifs is 1. The number of nitrogens with zero attached hydrogens (tertiary/aromatic N) is 4. The summed E-state index contributed by atoms with van der Waals surface area (Å²) in [5, 5.41) is 0. The lowest BCUT2D eigenvalue weighted by atomic mass is 10.3. The average molecular weight is 415 g/mol. The van der Waals surface area contributed by atoms with Gasteiger partial charge < -0.3 is 19.9 Å². The van der Waals surface area contributed by atoms with Crippen LogP contribution in [0.3, 0.4) is 0 Å². The van der Waals surface area contributed by atoms with Crippen molar-refractivity contribution in [1.82, 2.24) is 14.5 Å². The molecule has 2 heterocycles. The first-order valence-corrected chi connectivity index (χ1v) is 7.37. The molecule has 0 saturated carbocycles. The summed E-state index contributed by atoms with van der Waals surface area (Å²) < 4.78 is 7.47. The smallest absolute Gasteiger partial charge is 0.191 e. The molecule has 6 nitrogen and oxygen atoms in total. The number of morpholine rings is 1. The number of para-hydroxylation sites is 2. The van der Waals surface area contributed by atoms with Crippen LogP contribution in [0.15, 0.2) is 35.6 Å². The number of hydrogen-bond donors (Lipinski definition) is 1. The third kappa shape index (κ3) is 4.10. The molecule has 0 atom stereocenters. The van der Waals surface area contributed by atoms with E-state index in [0.29, 0.717) is 5.96 Å². The van der Waals surface area contributed by atoms with E-state index < -0.39 is 0 Å². The van der Waals surface area contributed by atoms with Crippen LogP contribution in [-0.4, -0.2) is 53.3 Å². The summed E-state index contributed by atoms with van der Waals surface area (Å²) in [5.41, 5.74) is 8.20. The summed E-state index contributed by atoms with van der Waals surface area (Å²) in [6.45, 7) is 4.77. The number of benzene rings is 1. The van der Waals surface area contributed by atoms with Gasteiger partial charge in [0.1, 0.15) is 0 Å². The van der Waals surface area contributed by atoms with Crippen molar-refractivity contribution >= 4 is 41.0 Å². The van der Waals surface area contributed by atoms with Crippen LogP contribution in [0.4, 0.5) is 0 Å². The van der Waals surface area contributed by atoms with Crippen LogP contribution in [0.5, 0.6) is 0 Å². The van der Waals surface area contributed by atoms with Crippen LogP contribution in [0.25, 0.3) is 11.0 Å². The highest BCUT2D eigenvalue weighted by Gasteiger charge is 2.11. The third-order valence-electron chi connectivity index (χ3n) is 3.69. The van der Waals surface area contributed by atoms with Gasteiger partial charge in [0.25, 0.3) is 0 Å². The summed E-state index contributed by atoms with van der Waals surface area (Å²) in [5.74, 6) is 0.633. The average Bonchev–Trinajstić information content (AvgIpc) is 2.95. The van der Waals surface area contributed by atoms with E-state index in [1.165, 1.54) is 5.52 Å². The van der Waals surface area contributed by atoms with Gasteiger partial charge in [0.2, 0.25) is 0 Å². The fourth-order valence-electron chi connectivity index (χ4n) is 2.52. The van der Waals surface area contributed by atoms with E-state index in [1.54, 1.807) is 0 Å². The van der Waals surface area contributed by atoms with Gasteiger partial charge in [-0.15, -0.1) is 24.0 Å². The Labute approximate surface area is 147 Å². The van der Waals surface area contributed by atoms with E-state index in [1.807, 2.05) is 24.5 Å². The van der Waals surface area contributed by atoms with Crippen LogP contribution in [0.2, 0.25) is 0 Å². The van der Waals surface area contributed by atoms with Crippen molar-refractivity contribution < 1.29 is 4.74 Å². The van der Waals surface area contributed by atoms with Crippen molar-refractivity contribution in [3.63, 3.8) is 0 Å². The zero-order valence-corrected chi connectivity index (χ0v) is 14.8. The van der Waals surface area contributed by atoms with Gasteiger partial charge in [0, 0.05) is 26.2 Å². The molecule has 1 saturated heterocycles. The van der Waals surface area contributed by atoms with E-state index in [9.17, 15) is 0 Å². The SMILES string of the molecule is I.NC(=NCCCn1cnc2ccccc21)N1CCOCC1. The zero-order valence-electron chi connectivity index (χ0n) is 12.5. The fourth-order valence-corrected chi connectivity index (χ4v) is 2.52. The minimum Gasteiger partial charge on any atom is -0.378 e. The van der Waals surface area contributed by atoms with E-state index in [0.717, 1.165) is 51.3 Å². The minimum atomic E-state index is 0. The molecule has 3 rings (SSSR count). The van der Waals surface area contributed by atoms with Crippen LogP contribution in [-0.2, 0) is 11.3 Å². The number of imidazole rings is 1. The van der Waals surface area contributed by atoms with Gasteiger partial charge >= 0.3 is 0 Å². The Bertz CT molecular complexity index is 621. The maximum absolute atomic E-state index is 6.00. The van der Waals surface area contributed by atoms with Gasteiger partial charge in [-0.3, -0.25) is 4.99 Å². The standard InChI is InChI=1S/C15H21N5O.HI/c16-15(19-8-10-21-11-9-19)17-6-3-7-20-12-18-13-4-1-2-5-14(13)20;/h1-2,4-5,12H,3,6-11H2,(H2,16,17);1H. The number of guanidine groups is 1. The Morgan fingerprint density at radius 1 is 1.27 bits per heavy atom. The summed E-state index contributed by atoms with van der Waals surface area (Å²) in [6.07, 6.45) is 2.84. The second kappa shape index (κ2) is 8.33. The Morgan fingerprint density at radius 2 is 2.05 bits per heavy atom. The number of ether oxygens (including phenoxy) is 1. The Morgan fingerprint density at radius 3 is 2.86 bits per heavy atom. The molecule has 2 N–H and O–H groups in total. The largest absolute Gasteiger partial charge is 0.378 e. The fraction of sp³-hybridized carbons (Fsp3) is 0.467. The Hall–Kier alpha value is -1.35. The molecule has 0 unspecified atom stereocenters. The molecule has 1 aliphatic heterocycles. The number of aromatic nitrogens is 2. The molecule has 0 spiro atoms. The topological polar surface area (TPSA) is 68.7 Å². The highest BCUT2D eigenvalue weighted by molar-refractivity contribution is 14.0. The molecule has 120 valence electrons. The second-order valence-electron chi connectivity index (χ2n) is 5.12. The second-order valence-corrected chi connectivity index (χ2v) is 5.12. The molecule has 2 aromatic rings. The van der Waals surface area contributed by atoms with Crippen LogP contribution in [0, 0.1) is 0 Å². The molecule has 1 aromatic heterocycles. The molecular weight excluding hydrogens is 393 g/mol. The van der Waals surface area contributed by atoms with Gasteiger partial charge in [-0.25, -0.2) is 4.98 Å². The molecule has 0 aliphatic carbocycles. The summed E-state index contributed by atoms with van der Waals surface area (Å²) in [6, 6.07) is 8.16. The van der Waals surface area contributed by atoms with Crippen LogP contribution in [0.1, 0.15) is 6.42 Å². The molecular formula is C15H22IN5O. The van der Waals surface area contributed by atoms with Crippen molar-refractivity contribution in [3.8, 4) is 0 Å². The maximum atomic E-state index is 6.00. The molecule has 1 aliphatic rings. The maximum Gasteiger partial charge on any atom is 0.191 e. The number of hydrogen-bond acceptors (Lipinski definition) is 3. The highest BCUT2D eigenvalue weighted by atomic mass is 127. The Kier molecular flexibility index (Phi) is 6.44. The predicted octanol–water partition coefficient (Wildman–Crippen LogP) is 1.69. The number of nitrogens with two attached hydrogens (primary N) is 1. The minimum absolute atomic E-state index is 0. The molecule has 0 radical (unpaired) electrons. The first-order chi connectivity index (χ1) is 10.3. The van der Waals surface area contributed by atoms with Gasteiger partial charge in [0.15, 0.2) is 5.96 Å². The zero-order chi connectivity index (χ0) is 14.5. The first-order valence-electron chi connectivity index (χ1n) is 7.37. The molecule has 0 bridgehead atoms. The Balaban J connectivity index is 0.00000176. The predicted molar refractivity (Wildman–Crippen MR) is 98.6 cm³/mol. The monoisotopic (exact) mass is 415 g/mol. The number of aliphatic imine (C=N–C) groups is 1. The van der Waals surface area contributed by atoms with Crippen LogP contribution >= 0.6 is 24.0 Å². The highest BCUT2D eigenvalue weighted by Crippen LogP contribution is 2.12. The van der Waals surface area contributed by atoms with Crippen molar-refractivity contribution in [2.45, 2.75) is 13.0 Å². The van der Waals surface area contributed by atoms with E-state index in [-0.39, 0.29) is 24.0 Å². The molecule has 0 amide bonds. The molecule has 1 fully saturated rings. The first kappa shape index (κ1) is 17.0. The number of aryl methyl sites for hydroxylation is 1. The summed E-state index contributed by atoms with van der Waals surface area (Å²) in [7, 11) is 0. The molecule has 22 heavy (non-hydrogen) atoms. The van der Waals surface area contributed by atoms with Crippen molar-refractivity contribution in [2.24, 2.45) is 10.7 Å². The lowest BCUT2D eigenvalue weighted by molar-refractivity contribution is 0.0674. The molecule has 1 aromatic carbocycles. The lowest BCUT2D eigenvalue weighted by Gasteiger charge is -2.27. The van der Waals surface area contributed by atoms with Crippen molar-refractivity contribution in [1.29, 1.82) is 0 Å². The van der Waals surface area contributed by atoms with Gasteiger partial charge in [0.05, 0.1) is 30.6 Å². The lowest BCUT2D eigenvalue weighted by Crippen LogP contribution is -2.44. The van der Waals surface area contributed by atoms with Gasteiger partial charge in [-0.05, 0) is 18.6 Å². The van der Waals surface area contributed by atoms with E-state index >= 15 is 0 Å². The van der Waals surface area contributed by atoms with Crippen molar-refractivity contribution in [2.75, 3.05) is 32.8 Å². The van der Waals surface area contributed by atoms with E-state index in [4.69, 9.17) is 10.5 Å². The third-order valence-corrected chi connectivity index (χ3v) is 3.69. The van der Waals surface area contributed by atoms with E-state index in [2.05, 4.69) is 25.5 Å². The number of rotatable bonds is 4. The number of halogens is 1. The molecule has 7 heteroatoms. The van der Waals surface area contributed by atoms with Crippen LogP contribution < -0.4 is 5.73 Å².